The first kappa shape index (κ1) is 19.6. The lowest BCUT2D eigenvalue weighted by molar-refractivity contribution is 0.0954. The highest BCUT2D eigenvalue weighted by atomic mass is 19.1. The number of rotatable bonds is 5. The van der Waals surface area contributed by atoms with Gasteiger partial charge in [0, 0.05) is 17.7 Å². The first-order valence-electron chi connectivity index (χ1n) is 9.69. The number of para-hydroxylation sites is 1. The van der Waals surface area contributed by atoms with E-state index >= 15 is 0 Å². The highest BCUT2D eigenvalue weighted by Gasteiger charge is 2.18. The summed E-state index contributed by atoms with van der Waals surface area (Å²) in [4.78, 5) is 25.7. The fourth-order valence-corrected chi connectivity index (χ4v) is 3.46. The van der Waals surface area contributed by atoms with Gasteiger partial charge in [-0.1, -0.05) is 54.6 Å². The molecule has 0 fully saturated rings. The lowest BCUT2D eigenvalue weighted by Crippen LogP contribution is -2.26. The molecule has 1 aromatic heterocycles. The highest BCUT2D eigenvalue weighted by molar-refractivity contribution is 6.05. The van der Waals surface area contributed by atoms with E-state index in [-0.39, 0.29) is 34.8 Å². The van der Waals surface area contributed by atoms with E-state index in [0.29, 0.717) is 28.7 Å². The Morgan fingerprint density at radius 2 is 1.70 bits per heavy atom. The van der Waals surface area contributed by atoms with Crippen molar-refractivity contribution in [3.8, 4) is 11.3 Å². The lowest BCUT2D eigenvalue weighted by atomic mass is 10.0. The molecule has 0 saturated heterocycles. The van der Waals surface area contributed by atoms with E-state index in [2.05, 4.69) is 5.32 Å². The van der Waals surface area contributed by atoms with Crippen molar-refractivity contribution >= 4 is 16.9 Å². The zero-order valence-corrected chi connectivity index (χ0v) is 16.4. The van der Waals surface area contributed by atoms with Crippen molar-refractivity contribution < 1.29 is 13.6 Å². The molecular weight excluding hydrogens is 381 g/mol. The van der Waals surface area contributed by atoms with Crippen molar-refractivity contribution in [3.63, 3.8) is 0 Å². The fourth-order valence-electron chi connectivity index (χ4n) is 3.46. The number of hydrogen-bond donors (Lipinski definition) is 1. The van der Waals surface area contributed by atoms with Gasteiger partial charge in [0.25, 0.3) is 5.91 Å². The van der Waals surface area contributed by atoms with Crippen molar-refractivity contribution in [2.45, 2.75) is 13.3 Å². The molecule has 1 amide bonds. The van der Waals surface area contributed by atoms with Crippen molar-refractivity contribution in [3.05, 3.63) is 106 Å². The van der Waals surface area contributed by atoms with Gasteiger partial charge in [0.05, 0.1) is 10.9 Å². The summed E-state index contributed by atoms with van der Waals surface area (Å²) in [5.74, 6) is -0.228. The smallest absolute Gasteiger partial charge is 0.255 e. The van der Waals surface area contributed by atoms with Crippen molar-refractivity contribution in [2.24, 2.45) is 0 Å². The summed E-state index contributed by atoms with van der Waals surface area (Å²) in [6, 6.07) is 20.7. The molecule has 4 nitrogen and oxygen atoms in total. The highest BCUT2D eigenvalue weighted by Crippen LogP contribution is 2.27. The maximum Gasteiger partial charge on any atom is 0.255 e. The standard InChI is InChI=1S/C25H20FNO3/c1-16-22(28)19-11-7-12-20(24(19)30-23(16)18-9-3-2-4-10-18)25(29)27-15-14-17-8-5-6-13-21(17)26/h2-13H,14-15H2,1H3,(H,27,29). The van der Waals surface area contributed by atoms with E-state index in [9.17, 15) is 14.0 Å². The van der Waals surface area contributed by atoms with E-state index in [0.717, 1.165) is 5.56 Å². The number of nitrogens with one attached hydrogen (secondary N) is 1. The van der Waals surface area contributed by atoms with Crippen LogP contribution in [0.2, 0.25) is 0 Å². The van der Waals surface area contributed by atoms with Crippen LogP contribution < -0.4 is 10.7 Å². The molecule has 0 aliphatic heterocycles. The summed E-state index contributed by atoms with van der Waals surface area (Å²) in [5.41, 5.74) is 2.14. The molecule has 4 rings (SSSR count). The summed E-state index contributed by atoms with van der Waals surface area (Å²) in [5, 5.41) is 3.15. The van der Waals surface area contributed by atoms with Crippen LogP contribution in [0.25, 0.3) is 22.3 Å². The minimum Gasteiger partial charge on any atom is -0.455 e. The van der Waals surface area contributed by atoms with Gasteiger partial charge >= 0.3 is 0 Å². The molecule has 5 heteroatoms. The van der Waals surface area contributed by atoms with Crippen LogP contribution in [0.1, 0.15) is 21.5 Å². The minimum atomic E-state index is -0.372. The van der Waals surface area contributed by atoms with E-state index in [1.807, 2.05) is 30.3 Å². The SMILES string of the molecule is Cc1c(-c2ccccc2)oc2c(C(=O)NCCc3ccccc3F)cccc2c1=O. The molecule has 0 spiro atoms. The molecule has 0 bridgehead atoms. The average Bonchev–Trinajstić information content (AvgIpc) is 2.77. The monoisotopic (exact) mass is 401 g/mol. The Hall–Kier alpha value is -3.73. The van der Waals surface area contributed by atoms with Gasteiger partial charge < -0.3 is 9.73 Å². The topological polar surface area (TPSA) is 59.3 Å². The molecule has 0 radical (unpaired) electrons. The Balaban J connectivity index is 1.67. The Morgan fingerprint density at radius 1 is 0.967 bits per heavy atom. The molecule has 150 valence electrons. The molecule has 0 saturated carbocycles. The van der Waals surface area contributed by atoms with Gasteiger partial charge in [-0.15, -0.1) is 0 Å². The van der Waals surface area contributed by atoms with Crippen LogP contribution in [0.3, 0.4) is 0 Å². The quantitative estimate of drug-likeness (QED) is 0.519. The molecule has 0 aliphatic carbocycles. The van der Waals surface area contributed by atoms with E-state index in [1.54, 1.807) is 43.3 Å². The predicted octanol–water partition coefficient (Wildman–Crippen LogP) is 4.88. The van der Waals surface area contributed by atoms with Crippen LogP contribution in [0, 0.1) is 12.7 Å². The Morgan fingerprint density at radius 3 is 2.47 bits per heavy atom. The molecule has 30 heavy (non-hydrogen) atoms. The number of benzene rings is 3. The zero-order chi connectivity index (χ0) is 21.1. The van der Waals surface area contributed by atoms with Crippen LogP contribution in [0.15, 0.2) is 82.0 Å². The summed E-state index contributed by atoms with van der Waals surface area (Å²) < 4.78 is 19.8. The predicted molar refractivity (Wildman–Crippen MR) is 115 cm³/mol. The number of fused-ring (bicyclic) bond motifs is 1. The number of halogens is 1. The molecular formula is C25H20FNO3. The fraction of sp³-hybridized carbons (Fsp3) is 0.120. The third-order valence-electron chi connectivity index (χ3n) is 5.06. The van der Waals surface area contributed by atoms with Gasteiger partial charge in [0.2, 0.25) is 0 Å². The summed E-state index contributed by atoms with van der Waals surface area (Å²) in [7, 11) is 0. The second kappa shape index (κ2) is 8.33. The molecule has 0 atom stereocenters. The van der Waals surface area contributed by atoms with Gasteiger partial charge in [-0.3, -0.25) is 9.59 Å². The van der Waals surface area contributed by atoms with Crippen molar-refractivity contribution in [1.82, 2.24) is 5.32 Å². The van der Waals surface area contributed by atoms with Crippen molar-refractivity contribution in [2.75, 3.05) is 6.54 Å². The molecule has 1 heterocycles. The number of carbonyl (C=O) groups is 1. The van der Waals surface area contributed by atoms with Gasteiger partial charge in [-0.25, -0.2) is 4.39 Å². The van der Waals surface area contributed by atoms with Crippen LogP contribution in [-0.4, -0.2) is 12.5 Å². The van der Waals surface area contributed by atoms with E-state index in [4.69, 9.17) is 4.42 Å². The molecule has 1 N–H and O–H groups in total. The average molecular weight is 401 g/mol. The van der Waals surface area contributed by atoms with E-state index in [1.165, 1.54) is 6.07 Å². The zero-order valence-electron chi connectivity index (χ0n) is 16.4. The largest absolute Gasteiger partial charge is 0.455 e. The number of hydrogen-bond acceptors (Lipinski definition) is 3. The maximum atomic E-state index is 13.8. The first-order chi connectivity index (χ1) is 14.6. The maximum absolute atomic E-state index is 13.8. The van der Waals surface area contributed by atoms with Gasteiger partial charge in [0.15, 0.2) is 11.0 Å². The van der Waals surface area contributed by atoms with Crippen molar-refractivity contribution in [1.29, 1.82) is 0 Å². The van der Waals surface area contributed by atoms with Crippen LogP contribution in [0.5, 0.6) is 0 Å². The second-order valence-electron chi connectivity index (χ2n) is 7.03. The summed E-state index contributed by atoms with van der Waals surface area (Å²) in [6.07, 6.45) is 0.363. The Kier molecular flexibility index (Phi) is 5.44. The van der Waals surface area contributed by atoms with E-state index < -0.39 is 0 Å². The summed E-state index contributed by atoms with van der Waals surface area (Å²) in [6.45, 7) is 1.98. The Bertz CT molecular complexity index is 1280. The molecule has 4 aromatic rings. The third-order valence-corrected chi connectivity index (χ3v) is 5.06. The number of carbonyl (C=O) groups excluding carboxylic acids is 1. The van der Waals surface area contributed by atoms with Gasteiger partial charge in [-0.05, 0) is 37.1 Å². The second-order valence-corrected chi connectivity index (χ2v) is 7.03. The molecule has 3 aromatic carbocycles. The third kappa shape index (κ3) is 3.74. The minimum absolute atomic E-state index is 0.170. The first-order valence-corrected chi connectivity index (χ1v) is 9.69. The van der Waals surface area contributed by atoms with Crippen LogP contribution >= 0.6 is 0 Å². The molecule has 0 aliphatic rings. The van der Waals surface area contributed by atoms with Gasteiger partial charge in [0.1, 0.15) is 11.6 Å². The van der Waals surface area contributed by atoms with Gasteiger partial charge in [-0.2, -0.15) is 0 Å². The van der Waals surface area contributed by atoms with Crippen LogP contribution in [0.4, 0.5) is 4.39 Å². The number of amides is 1. The Labute approximate surface area is 173 Å². The summed E-state index contributed by atoms with van der Waals surface area (Å²) >= 11 is 0. The normalized spacial score (nSPS) is 10.9. The lowest BCUT2D eigenvalue weighted by Gasteiger charge is -2.11. The van der Waals surface area contributed by atoms with Crippen LogP contribution in [-0.2, 0) is 6.42 Å². The molecule has 0 unspecified atom stereocenters.